The number of ether oxygens (including phenoxy) is 2. The van der Waals surface area contributed by atoms with E-state index in [-0.39, 0.29) is 11.9 Å². The van der Waals surface area contributed by atoms with Gasteiger partial charge in [-0.25, -0.2) is 4.79 Å². The molecule has 1 aliphatic heterocycles. The molecule has 7 nitrogen and oxygen atoms in total. The van der Waals surface area contributed by atoms with Gasteiger partial charge in [0.05, 0.1) is 25.8 Å². The summed E-state index contributed by atoms with van der Waals surface area (Å²) in [5.74, 6) is 0.192. The number of hydrogen-bond donors (Lipinski definition) is 2. The van der Waals surface area contributed by atoms with Crippen molar-refractivity contribution < 1.29 is 19.1 Å². The molecular formula is C24H33N3O4. The summed E-state index contributed by atoms with van der Waals surface area (Å²) in [7, 11) is 3.02. The zero-order chi connectivity index (χ0) is 22.4. The van der Waals surface area contributed by atoms with Crippen molar-refractivity contribution in [2.24, 2.45) is 0 Å². The van der Waals surface area contributed by atoms with Gasteiger partial charge in [-0.1, -0.05) is 25.5 Å². The molecule has 1 amide bonds. The molecule has 7 heteroatoms. The van der Waals surface area contributed by atoms with Gasteiger partial charge in [0.25, 0.3) is 5.91 Å². The second-order valence-corrected chi connectivity index (χ2v) is 7.97. The maximum absolute atomic E-state index is 13.2. The highest BCUT2D eigenvalue weighted by molar-refractivity contribution is 6.00. The number of rotatable bonds is 9. The van der Waals surface area contributed by atoms with Crippen LogP contribution in [0.4, 0.5) is 0 Å². The largest absolute Gasteiger partial charge is 0.497 e. The molecule has 2 aromatic rings. The molecule has 0 saturated carbocycles. The normalized spacial score (nSPS) is 15.0. The molecule has 1 unspecified atom stereocenters. The highest BCUT2D eigenvalue weighted by Gasteiger charge is 2.27. The average molecular weight is 428 g/mol. The average Bonchev–Trinajstić information content (AvgIpc) is 3.42. The Bertz CT molecular complexity index is 916. The van der Waals surface area contributed by atoms with Gasteiger partial charge in [-0.3, -0.25) is 9.69 Å². The third kappa shape index (κ3) is 5.10. The number of aromatic amines is 1. The van der Waals surface area contributed by atoms with Crippen LogP contribution >= 0.6 is 0 Å². The molecule has 168 valence electrons. The van der Waals surface area contributed by atoms with Gasteiger partial charge in [0.1, 0.15) is 11.4 Å². The first-order valence-corrected chi connectivity index (χ1v) is 11.0. The van der Waals surface area contributed by atoms with Crippen molar-refractivity contribution in [3.05, 3.63) is 52.3 Å². The minimum absolute atomic E-state index is 0.0623. The molecule has 2 N–H and O–H groups in total. The van der Waals surface area contributed by atoms with E-state index in [1.807, 2.05) is 25.1 Å². The quantitative estimate of drug-likeness (QED) is 0.597. The van der Waals surface area contributed by atoms with Crippen molar-refractivity contribution in [1.82, 2.24) is 15.2 Å². The van der Waals surface area contributed by atoms with Crippen LogP contribution in [0, 0.1) is 6.92 Å². The fraction of sp³-hybridized carbons (Fsp3) is 0.500. The summed E-state index contributed by atoms with van der Waals surface area (Å²) < 4.78 is 10.3. The van der Waals surface area contributed by atoms with Gasteiger partial charge in [-0.2, -0.15) is 0 Å². The van der Waals surface area contributed by atoms with Gasteiger partial charge in [-0.05, 0) is 62.5 Å². The summed E-state index contributed by atoms with van der Waals surface area (Å²) >= 11 is 0. The second-order valence-electron chi connectivity index (χ2n) is 7.97. The second kappa shape index (κ2) is 10.5. The van der Waals surface area contributed by atoms with E-state index in [1.165, 1.54) is 7.11 Å². The number of methoxy groups -OCH3 is 2. The first-order chi connectivity index (χ1) is 15.0. The molecule has 1 aromatic heterocycles. The van der Waals surface area contributed by atoms with Crippen molar-refractivity contribution in [2.45, 2.75) is 45.6 Å². The number of aromatic nitrogens is 1. The van der Waals surface area contributed by atoms with Crippen molar-refractivity contribution in [1.29, 1.82) is 0 Å². The summed E-state index contributed by atoms with van der Waals surface area (Å²) in [6.07, 6.45) is 3.77. The number of nitrogens with zero attached hydrogens (tertiary/aromatic N) is 1. The van der Waals surface area contributed by atoms with E-state index in [2.05, 4.69) is 21.3 Å². The van der Waals surface area contributed by atoms with Crippen LogP contribution in [0.2, 0.25) is 0 Å². The molecule has 3 rings (SSSR count). The zero-order valence-electron chi connectivity index (χ0n) is 18.9. The van der Waals surface area contributed by atoms with E-state index in [0.29, 0.717) is 29.9 Å². The number of carbonyl (C=O) groups is 2. The van der Waals surface area contributed by atoms with Gasteiger partial charge in [0.15, 0.2) is 0 Å². The van der Waals surface area contributed by atoms with Gasteiger partial charge < -0.3 is 19.8 Å². The number of esters is 1. The molecule has 0 radical (unpaired) electrons. The molecule has 1 atom stereocenters. The predicted octanol–water partition coefficient (Wildman–Crippen LogP) is 3.64. The summed E-state index contributed by atoms with van der Waals surface area (Å²) in [6.45, 7) is 6.31. The predicted molar refractivity (Wildman–Crippen MR) is 120 cm³/mol. The molecule has 1 aromatic carbocycles. The summed E-state index contributed by atoms with van der Waals surface area (Å²) in [5, 5.41) is 3.10. The third-order valence-corrected chi connectivity index (χ3v) is 5.92. The molecule has 0 spiro atoms. The van der Waals surface area contributed by atoms with Crippen molar-refractivity contribution in [3.8, 4) is 5.75 Å². The maximum Gasteiger partial charge on any atom is 0.339 e. The lowest BCUT2D eigenvalue weighted by Crippen LogP contribution is -2.37. The fourth-order valence-electron chi connectivity index (χ4n) is 4.39. The van der Waals surface area contributed by atoms with Crippen LogP contribution in [0.3, 0.4) is 0 Å². The van der Waals surface area contributed by atoms with Crippen LogP contribution in [-0.2, 0) is 11.2 Å². The maximum atomic E-state index is 13.2. The van der Waals surface area contributed by atoms with E-state index in [1.54, 1.807) is 14.0 Å². The van der Waals surface area contributed by atoms with E-state index in [9.17, 15) is 9.59 Å². The number of amides is 1. The number of aryl methyl sites for hydroxylation is 1. The third-order valence-electron chi connectivity index (χ3n) is 5.92. The smallest absolute Gasteiger partial charge is 0.339 e. The molecule has 2 heterocycles. The minimum Gasteiger partial charge on any atom is -0.497 e. The number of carbonyl (C=O) groups excluding carboxylic acids is 2. The summed E-state index contributed by atoms with van der Waals surface area (Å²) in [4.78, 5) is 30.9. The topological polar surface area (TPSA) is 83.7 Å². The Kier molecular flexibility index (Phi) is 7.74. The Balaban J connectivity index is 1.83. The van der Waals surface area contributed by atoms with Crippen LogP contribution in [-0.4, -0.2) is 55.6 Å². The van der Waals surface area contributed by atoms with Crippen LogP contribution in [0.1, 0.15) is 69.9 Å². The molecule has 1 fully saturated rings. The Morgan fingerprint density at radius 3 is 2.61 bits per heavy atom. The lowest BCUT2D eigenvalue weighted by molar-refractivity contribution is 0.0599. The number of H-pyrrole nitrogens is 1. The molecule has 0 bridgehead atoms. The number of benzene rings is 1. The van der Waals surface area contributed by atoms with E-state index in [4.69, 9.17) is 9.47 Å². The van der Waals surface area contributed by atoms with E-state index in [0.717, 1.165) is 49.2 Å². The SMILES string of the molecule is CCCc1c(C(=O)NCC(c2cccc(OC)c2)N2CCCC2)[nH]c(C)c1C(=O)OC. The molecule has 0 aliphatic carbocycles. The number of nitrogens with one attached hydrogen (secondary N) is 2. The lowest BCUT2D eigenvalue weighted by atomic mass is 10.0. The van der Waals surface area contributed by atoms with Crippen molar-refractivity contribution in [3.63, 3.8) is 0 Å². The monoisotopic (exact) mass is 427 g/mol. The van der Waals surface area contributed by atoms with Crippen molar-refractivity contribution in [2.75, 3.05) is 33.9 Å². The standard InChI is InChI=1S/C24H33N3O4/c1-5-9-19-21(24(29)31-4)16(2)26-22(19)23(28)25-15-20(27-12-6-7-13-27)17-10-8-11-18(14-17)30-3/h8,10-11,14,20,26H,5-7,9,12-13,15H2,1-4H3,(H,25,28). The van der Waals surface area contributed by atoms with Crippen LogP contribution < -0.4 is 10.1 Å². The number of likely N-dealkylation sites (tertiary alicyclic amines) is 1. The molecule has 1 aliphatic rings. The summed E-state index contributed by atoms with van der Waals surface area (Å²) in [5.41, 5.74) is 3.42. The van der Waals surface area contributed by atoms with Crippen LogP contribution in [0.15, 0.2) is 24.3 Å². The van der Waals surface area contributed by atoms with Crippen molar-refractivity contribution >= 4 is 11.9 Å². The van der Waals surface area contributed by atoms with E-state index >= 15 is 0 Å². The molecular weight excluding hydrogens is 394 g/mol. The van der Waals surface area contributed by atoms with E-state index < -0.39 is 5.97 Å². The van der Waals surface area contributed by atoms with Gasteiger partial charge in [-0.15, -0.1) is 0 Å². The van der Waals surface area contributed by atoms with Gasteiger partial charge in [0, 0.05) is 12.2 Å². The van der Waals surface area contributed by atoms with Crippen LogP contribution in [0.5, 0.6) is 5.75 Å². The fourth-order valence-corrected chi connectivity index (χ4v) is 4.39. The van der Waals surface area contributed by atoms with Gasteiger partial charge in [0.2, 0.25) is 0 Å². The lowest BCUT2D eigenvalue weighted by Gasteiger charge is -2.28. The van der Waals surface area contributed by atoms with Crippen LogP contribution in [0.25, 0.3) is 0 Å². The summed E-state index contributed by atoms with van der Waals surface area (Å²) in [6, 6.07) is 8.08. The molecule has 31 heavy (non-hydrogen) atoms. The van der Waals surface area contributed by atoms with Gasteiger partial charge >= 0.3 is 5.97 Å². The zero-order valence-corrected chi connectivity index (χ0v) is 18.9. The highest BCUT2D eigenvalue weighted by atomic mass is 16.5. The Hall–Kier alpha value is -2.80. The highest BCUT2D eigenvalue weighted by Crippen LogP contribution is 2.28. The first kappa shape index (κ1) is 22.9. The Morgan fingerprint density at radius 2 is 1.97 bits per heavy atom. The Morgan fingerprint density at radius 1 is 1.23 bits per heavy atom. The first-order valence-electron chi connectivity index (χ1n) is 11.0. The Labute approximate surface area is 184 Å². The number of hydrogen-bond acceptors (Lipinski definition) is 5. The molecule has 1 saturated heterocycles. The minimum atomic E-state index is -0.414.